The Labute approximate surface area is 118 Å². The van der Waals surface area contributed by atoms with Crippen LogP contribution in [0.4, 0.5) is 0 Å². The van der Waals surface area contributed by atoms with Crippen LogP contribution in [0.25, 0.3) is 0 Å². The van der Waals surface area contributed by atoms with Crippen molar-refractivity contribution in [2.24, 2.45) is 0 Å². The van der Waals surface area contributed by atoms with Gasteiger partial charge in [0, 0.05) is 13.3 Å². The van der Waals surface area contributed by atoms with Crippen LogP contribution in [0.3, 0.4) is 0 Å². The van der Waals surface area contributed by atoms with Gasteiger partial charge < -0.3 is 9.15 Å². The molecule has 0 atom stereocenters. The number of benzene rings is 1. The number of esters is 1. The molecule has 0 amide bonds. The first kappa shape index (κ1) is 14.3. The Morgan fingerprint density at radius 1 is 1.30 bits per heavy atom. The molecule has 20 heavy (non-hydrogen) atoms. The summed E-state index contributed by atoms with van der Waals surface area (Å²) in [5, 5.41) is 0. The third-order valence-corrected chi connectivity index (χ3v) is 2.94. The zero-order valence-electron chi connectivity index (χ0n) is 11.9. The summed E-state index contributed by atoms with van der Waals surface area (Å²) in [7, 11) is 0. The van der Waals surface area contributed by atoms with E-state index in [0.717, 1.165) is 18.4 Å². The van der Waals surface area contributed by atoms with E-state index in [2.05, 4.69) is 11.9 Å². The molecule has 106 valence electrons. The third kappa shape index (κ3) is 3.70. The summed E-state index contributed by atoms with van der Waals surface area (Å²) < 4.78 is 10.7. The molecule has 0 radical (unpaired) electrons. The number of hydrogen-bond donors (Lipinski definition) is 0. The highest BCUT2D eigenvalue weighted by Gasteiger charge is 2.20. The molecule has 0 aliphatic carbocycles. The van der Waals surface area contributed by atoms with E-state index in [4.69, 9.17) is 9.15 Å². The Bertz CT molecular complexity index is 560. The molecule has 0 bridgehead atoms. The van der Waals surface area contributed by atoms with Crippen molar-refractivity contribution in [3.05, 3.63) is 53.2 Å². The maximum absolute atomic E-state index is 12.0. The predicted octanol–water partition coefficient (Wildman–Crippen LogP) is 3.53. The number of aryl methyl sites for hydroxylation is 1. The smallest absolute Gasteiger partial charge is 0.360 e. The molecule has 1 aromatic carbocycles. The van der Waals surface area contributed by atoms with Gasteiger partial charge in [0.1, 0.15) is 5.76 Å². The monoisotopic (exact) mass is 273 g/mol. The molecule has 0 fully saturated rings. The van der Waals surface area contributed by atoms with Crippen molar-refractivity contribution < 1.29 is 13.9 Å². The number of hydrogen-bond acceptors (Lipinski definition) is 4. The van der Waals surface area contributed by atoms with Gasteiger partial charge in [-0.15, -0.1) is 0 Å². The fourth-order valence-corrected chi connectivity index (χ4v) is 1.91. The summed E-state index contributed by atoms with van der Waals surface area (Å²) in [6.45, 7) is 4.21. The zero-order valence-corrected chi connectivity index (χ0v) is 11.9. The highest BCUT2D eigenvalue weighted by atomic mass is 16.5. The molecule has 4 heteroatoms. The van der Waals surface area contributed by atoms with Crippen LogP contribution in [-0.4, -0.2) is 17.6 Å². The maximum Gasteiger partial charge on any atom is 0.360 e. The Balaban J connectivity index is 2.11. The molecule has 2 rings (SSSR count). The van der Waals surface area contributed by atoms with Crippen LogP contribution in [-0.2, 0) is 11.2 Å². The number of unbranched alkanes of at least 4 members (excludes halogenated alkanes) is 1. The SMILES string of the molecule is CCCCOC(=O)c1nc(C)oc1Cc1ccccc1. The highest BCUT2D eigenvalue weighted by molar-refractivity contribution is 5.88. The first-order valence-electron chi connectivity index (χ1n) is 6.88. The normalized spacial score (nSPS) is 10.5. The quantitative estimate of drug-likeness (QED) is 0.597. The lowest BCUT2D eigenvalue weighted by atomic mass is 10.1. The van der Waals surface area contributed by atoms with Gasteiger partial charge in [-0.1, -0.05) is 43.7 Å². The summed E-state index contributed by atoms with van der Waals surface area (Å²) >= 11 is 0. The summed E-state index contributed by atoms with van der Waals surface area (Å²) in [6.07, 6.45) is 2.39. The second-order valence-electron chi connectivity index (χ2n) is 4.66. The Morgan fingerprint density at radius 3 is 2.75 bits per heavy atom. The van der Waals surface area contributed by atoms with Crippen molar-refractivity contribution >= 4 is 5.97 Å². The van der Waals surface area contributed by atoms with Gasteiger partial charge >= 0.3 is 5.97 Å². The number of aromatic nitrogens is 1. The average molecular weight is 273 g/mol. The highest BCUT2D eigenvalue weighted by Crippen LogP contribution is 2.17. The van der Waals surface area contributed by atoms with E-state index >= 15 is 0 Å². The lowest BCUT2D eigenvalue weighted by Crippen LogP contribution is -2.09. The fraction of sp³-hybridized carbons (Fsp3) is 0.375. The number of ether oxygens (including phenoxy) is 1. The topological polar surface area (TPSA) is 52.3 Å². The van der Waals surface area contributed by atoms with Crippen LogP contribution >= 0.6 is 0 Å². The predicted molar refractivity (Wildman–Crippen MR) is 75.7 cm³/mol. The third-order valence-electron chi connectivity index (χ3n) is 2.94. The zero-order chi connectivity index (χ0) is 14.4. The first-order chi connectivity index (χ1) is 9.70. The number of rotatable bonds is 6. The van der Waals surface area contributed by atoms with Crippen molar-refractivity contribution in [2.45, 2.75) is 33.1 Å². The van der Waals surface area contributed by atoms with Gasteiger partial charge in [0.05, 0.1) is 6.61 Å². The first-order valence-corrected chi connectivity index (χ1v) is 6.88. The van der Waals surface area contributed by atoms with Gasteiger partial charge in [-0.2, -0.15) is 0 Å². The number of nitrogens with zero attached hydrogens (tertiary/aromatic N) is 1. The minimum atomic E-state index is -0.402. The molecule has 0 aliphatic rings. The summed E-state index contributed by atoms with van der Waals surface area (Å²) in [5.74, 6) is 0.648. The van der Waals surface area contributed by atoms with Crippen molar-refractivity contribution in [1.29, 1.82) is 0 Å². The van der Waals surface area contributed by atoms with E-state index in [1.807, 2.05) is 30.3 Å². The largest absolute Gasteiger partial charge is 0.461 e. The van der Waals surface area contributed by atoms with Crippen LogP contribution in [0.5, 0.6) is 0 Å². The Kier molecular flexibility index (Phi) is 4.93. The van der Waals surface area contributed by atoms with E-state index in [9.17, 15) is 4.79 Å². The standard InChI is InChI=1S/C16H19NO3/c1-3-4-10-19-16(18)15-14(20-12(2)17-15)11-13-8-6-5-7-9-13/h5-9H,3-4,10-11H2,1-2H3. The van der Waals surface area contributed by atoms with Gasteiger partial charge in [-0.05, 0) is 12.0 Å². The minimum absolute atomic E-state index is 0.294. The lowest BCUT2D eigenvalue weighted by Gasteiger charge is -2.03. The molecule has 2 aromatic rings. The van der Waals surface area contributed by atoms with Gasteiger partial charge in [-0.3, -0.25) is 0 Å². The molecule has 0 spiro atoms. The van der Waals surface area contributed by atoms with E-state index < -0.39 is 5.97 Å². The second-order valence-corrected chi connectivity index (χ2v) is 4.66. The molecule has 4 nitrogen and oxygen atoms in total. The van der Waals surface area contributed by atoms with Crippen molar-refractivity contribution in [3.8, 4) is 0 Å². The van der Waals surface area contributed by atoms with Gasteiger partial charge in [0.25, 0.3) is 0 Å². The number of carbonyl (C=O) groups is 1. The molecule has 0 N–H and O–H groups in total. The van der Waals surface area contributed by atoms with E-state index in [1.54, 1.807) is 6.92 Å². The van der Waals surface area contributed by atoms with Crippen LogP contribution in [0.2, 0.25) is 0 Å². The van der Waals surface area contributed by atoms with Crippen LogP contribution in [0.15, 0.2) is 34.7 Å². The molecule has 0 aliphatic heterocycles. The summed E-state index contributed by atoms with van der Waals surface area (Å²) in [6, 6.07) is 9.85. The number of carbonyl (C=O) groups excluding carboxylic acids is 1. The number of oxazole rings is 1. The van der Waals surface area contributed by atoms with Crippen molar-refractivity contribution in [2.75, 3.05) is 6.61 Å². The van der Waals surface area contributed by atoms with Crippen molar-refractivity contribution in [1.82, 2.24) is 4.98 Å². The lowest BCUT2D eigenvalue weighted by molar-refractivity contribution is 0.0491. The van der Waals surface area contributed by atoms with Crippen molar-refractivity contribution in [3.63, 3.8) is 0 Å². The molecule has 0 unspecified atom stereocenters. The molecular weight excluding hydrogens is 254 g/mol. The molecule has 0 saturated heterocycles. The maximum atomic E-state index is 12.0. The van der Waals surface area contributed by atoms with E-state index in [-0.39, 0.29) is 0 Å². The Morgan fingerprint density at radius 2 is 2.05 bits per heavy atom. The minimum Gasteiger partial charge on any atom is -0.461 e. The van der Waals surface area contributed by atoms with Crippen LogP contribution < -0.4 is 0 Å². The Hall–Kier alpha value is -2.10. The van der Waals surface area contributed by atoms with E-state index in [0.29, 0.717) is 30.4 Å². The fourth-order valence-electron chi connectivity index (χ4n) is 1.91. The van der Waals surface area contributed by atoms with E-state index in [1.165, 1.54) is 0 Å². The summed E-state index contributed by atoms with van der Waals surface area (Å²) in [4.78, 5) is 16.1. The van der Waals surface area contributed by atoms with Crippen LogP contribution in [0.1, 0.15) is 47.5 Å². The second kappa shape index (κ2) is 6.89. The molecule has 1 heterocycles. The molecule has 1 aromatic heterocycles. The average Bonchev–Trinajstić information content (AvgIpc) is 2.81. The molecule has 0 saturated carbocycles. The molecular formula is C16H19NO3. The summed E-state index contributed by atoms with van der Waals surface area (Å²) in [5.41, 5.74) is 1.37. The van der Waals surface area contributed by atoms with Crippen LogP contribution in [0, 0.1) is 6.92 Å². The van der Waals surface area contributed by atoms with Gasteiger partial charge in [0.2, 0.25) is 0 Å². The van der Waals surface area contributed by atoms with Gasteiger partial charge in [0.15, 0.2) is 11.6 Å². The van der Waals surface area contributed by atoms with Gasteiger partial charge in [-0.25, -0.2) is 9.78 Å².